The Bertz CT molecular complexity index is 770. The number of amides is 1. The van der Waals surface area contributed by atoms with Crippen LogP contribution in [0.3, 0.4) is 0 Å². The molecule has 0 saturated carbocycles. The van der Waals surface area contributed by atoms with Gasteiger partial charge >= 0.3 is 5.97 Å². The molecule has 24 heavy (non-hydrogen) atoms. The zero-order valence-electron chi connectivity index (χ0n) is 12.8. The van der Waals surface area contributed by atoms with Crippen LogP contribution in [0.25, 0.3) is 0 Å². The van der Waals surface area contributed by atoms with E-state index in [1.807, 2.05) is 0 Å². The largest absolute Gasteiger partial charge is 0.480 e. The number of nitrogens with zero attached hydrogens (tertiary/aromatic N) is 1. The highest BCUT2D eigenvalue weighted by atomic mass is 35.5. The molecule has 0 heterocycles. The number of benzene rings is 1. The van der Waals surface area contributed by atoms with E-state index in [-0.39, 0.29) is 13.0 Å². The van der Waals surface area contributed by atoms with Crippen molar-refractivity contribution in [2.45, 2.75) is 25.2 Å². The first-order chi connectivity index (χ1) is 11.0. The number of carboxylic acid groups (broad SMARTS) is 1. The molecular weight excluding hydrogens is 370 g/mol. The van der Waals surface area contributed by atoms with Gasteiger partial charge in [-0.25, -0.2) is 17.2 Å². The molecule has 11 heteroatoms. The number of carbonyl (C=O) groups is 2. The Morgan fingerprint density at radius 3 is 2.42 bits per heavy atom. The second-order valence-electron chi connectivity index (χ2n) is 4.78. The highest BCUT2D eigenvalue weighted by Gasteiger charge is 2.34. The summed E-state index contributed by atoms with van der Waals surface area (Å²) in [6, 6.07) is 0.560. The van der Waals surface area contributed by atoms with Crippen molar-refractivity contribution in [1.29, 1.82) is 0 Å². The molecule has 1 aromatic rings. The van der Waals surface area contributed by atoms with Crippen LogP contribution in [0.4, 0.5) is 14.5 Å². The van der Waals surface area contributed by atoms with Crippen molar-refractivity contribution in [3.8, 4) is 0 Å². The zero-order valence-corrected chi connectivity index (χ0v) is 14.3. The van der Waals surface area contributed by atoms with E-state index in [4.69, 9.17) is 16.7 Å². The molecule has 0 unspecified atom stereocenters. The fourth-order valence-electron chi connectivity index (χ4n) is 1.91. The van der Waals surface area contributed by atoms with E-state index in [2.05, 4.69) is 5.32 Å². The number of hydrogen-bond acceptors (Lipinski definition) is 4. The van der Waals surface area contributed by atoms with E-state index in [0.717, 1.165) is 6.92 Å². The van der Waals surface area contributed by atoms with Crippen molar-refractivity contribution < 1.29 is 31.9 Å². The van der Waals surface area contributed by atoms with Crippen molar-refractivity contribution in [3.05, 3.63) is 22.7 Å². The molecule has 1 aromatic carbocycles. The molecule has 2 N–H and O–H groups in total. The summed E-state index contributed by atoms with van der Waals surface area (Å²) in [6.45, 7) is 1.44. The van der Waals surface area contributed by atoms with Gasteiger partial charge in [-0.15, -0.1) is 0 Å². The average Bonchev–Trinajstić information content (AvgIpc) is 2.42. The average molecular weight is 385 g/mol. The number of aliphatic carboxylic acids is 1. The lowest BCUT2D eigenvalue weighted by molar-refractivity contribution is -0.137. The predicted molar refractivity (Wildman–Crippen MR) is 82.4 cm³/mol. The maximum atomic E-state index is 14.3. The Kier molecular flexibility index (Phi) is 6.64. The summed E-state index contributed by atoms with van der Waals surface area (Å²) in [6.07, 6.45) is 0.230. The van der Waals surface area contributed by atoms with E-state index >= 15 is 0 Å². The molecule has 0 bridgehead atoms. The molecule has 0 atom stereocenters. The Hall–Kier alpha value is -1.78. The van der Waals surface area contributed by atoms with Gasteiger partial charge in [0, 0.05) is 19.5 Å². The molecule has 0 aromatic heterocycles. The molecule has 0 saturated heterocycles. The van der Waals surface area contributed by atoms with E-state index in [0.29, 0.717) is 10.4 Å². The predicted octanol–water partition coefficient (Wildman–Crippen LogP) is 2.06. The highest BCUT2D eigenvalue weighted by molar-refractivity contribution is 7.89. The fraction of sp³-hybridized carbons (Fsp3) is 0.385. The van der Waals surface area contributed by atoms with Crippen LogP contribution in [-0.2, 0) is 19.6 Å². The van der Waals surface area contributed by atoms with Gasteiger partial charge in [-0.2, -0.15) is 4.31 Å². The lowest BCUT2D eigenvalue weighted by Crippen LogP contribution is -2.37. The molecule has 134 valence electrons. The third-order valence-corrected chi connectivity index (χ3v) is 5.06. The van der Waals surface area contributed by atoms with Crippen molar-refractivity contribution in [2.75, 3.05) is 18.4 Å². The van der Waals surface area contributed by atoms with Gasteiger partial charge < -0.3 is 10.4 Å². The van der Waals surface area contributed by atoms with Gasteiger partial charge in [-0.1, -0.05) is 18.5 Å². The summed E-state index contributed by atoms with van der Waals surface area (Å²) >= 11 is 5.65. The van der Waals surface area contributed by atoms with Crippen LogP contribution < -0.4 is 5.32 Å². The van der Waals surface area contributed by atoms with Crippen LogP contribution >= 0.6 is 11.6 Å². The van der Waals surface area contributed by atoms with Crippen LogP contribution in [-0.4, -0.2) is 42.8 Å². The molecule has 0 spiro atoms. The Morgan fingerprint density at radius 1 is 1.38 bits per heavy atom. The number of carbonyl (C=O) groups excluding carboxylic acids is 1. The number of nitrogens with one attached hydrogen (secondary N) is 1. The normalized spacial score (nSPS) is 11.6. The highest BCUT2D eigenvalue weighted by Crippen LogP contribution is 2.33. The standard InChI is InChI=1S/C13H15ClF2N2O5S/c1-3-4-18(6-10(20)21)24(22,23)13-8(15)5-9(17-7(2)19)11(14)12(13)16/h5H,3-4,6H2,1-2H3,(H,17,19)(H,20,21). The van der Waals surface area contributed by atoms with Gasteiger partial charge in [0.05, 0.1) is 5.69 Å². The minimum absolute atomic E-state index is 0.230. The summed E-state index contributed by atoms with van der Waals surface area (Å²) in [5.41, 5.74) is -0.432. The second kappa shape index (κ2) is 7.86. The number of carboxylic acids is 1. The number of anilines is 1. The molecule has 0 radical (unpaired) electrons. The summed E-state index contributed by atoms with van der Waals surface area (Å²) < 4.78 is 53.8. The van der Waals surface area contributed by atoms with E-state index in [1.54, 1.807) is 6.92 Å². The number of sulfonamides is 1. The Morgan fingerprint density at radius 2 is 1.96 bits per heavy atom. The molecular formula is C13H15ClF2N2O5S. The Balaban J connectivity index is 3.50. The summed E-state index contributed by atoms with van der Waals surface area (Å²) in [7, 11) is -4.78. The maximum Gasteiger partial charge on any atom is 0.318 e. The number of hydrogen-bond donors (Lipinski definition) is 2. The minimum atomic E-state index is -4.78. The van der Waals surface area contributed by atoms with E-state index < -0.39 is 55.7 Å². The zero-order chi connectivity index (χ0) is 18.7. The van der Waals surface area contributed by atoms with Crippen LogP contribution in [0.1, 0.15) is 20.3 Å². The molecule has 1 amide bonds. The lowest BCUT2D eigenvalue weighted by atomic mass is 10.3. The molecule has 0 aliphatic carbocycles. The molecule has 0 fully saturated rings. The van der Waals surface area contributed by atoms with Gasteiger partial charge in [0.2, 0.25) is 15.9 Å². The SMILES string of the molecule is CCCN(CC(=O)O)S(=O)(=O)c1c(F)cc(NC(C)=O)c(Cl)c1F. The summed E-state index contributed by atoms with van der Waals surface area (Å²) in [4.78, 5) is 20.4. The van der Waals surface area contributed by atoms with Crippen LogP contribution in [0.15, 0.2) is 11.0 Å². The monoisotopic (exact) mass is 384 g/mol. The van der Waals surface area contributed by atoms with Gasteiger partial charge in [-0.3, -0.25) is 9.59 Å². The quantitative estimate of drug-likeness (QED) is 0.700. The van der Waals surface area contributed by atoms with E-state index in [9.17, 15) is 26.8 Å². The van der Waals surface area contributed by atoms with Crippen molar-refractivity contribution in [1.82, 2.24) is 4.31 Å². The minimum Gasteiger partial charge on any atom is -0.480 e. The maximum absolute atomic E-state index is 14.3. The number of halogens is 3. The first-order valence-corrected chi connectivity index (χ1v) is 8.51. The molecule has 0 aliphatic heterocycles. The molecule has 0 aliphatic rings. The first-order valence-electron chi connectivity index (χ1n) is 6.69. The topological polar surface area (TPSA) is 104 Å². The van der Waals surface area contributed by atoms with Crippen LogP contribution in [0.2, 0.25) is 5.02 Å². The fourth-order valence-corrected chi connectivity index (χ4v) is 3.76. The van der Waals surface area contributed by atoms with Crippen LogP contribution in [0, 0.1) is 11.6 Å². The third kappa shape index (κ3) is 4.40. The van der Waals surface area contributed by atoms with Crippen LogP contribution in [0.5, 0.6) is 0 Å². The van der Waals surface area contributed by atoms with Gasteiger partial charge in [0.15, 0.2) is 10.7 Å². The first kappa shape index (κ1) is 20.3. The van der Waals surface area contributed by atoms with Crippen molar-refractivity contribution in [2.24, 2.45) is 0 Å². The van der Waals surface area contributed by atoms with E-state index in [1.165, 1.54) is 0 Å². The van der Waals surface area contributed by atoms with Gasteiger partial charge in [0.25, 0.3) is 0 Å². The summed E-state index contributed by atoms with van der Waals surface area (Å²) in [5, 5.41) is 10.1. The summed E-state index contributed by atoms with van der Waals surface area (Å²) in [5.74, 6) is -5.24. The smallest absolute Gasteiger partial charge is 0.318 e. The second-order valence-corrected chi connectivity index (χ2v) is 7.03. The van der Waals surface area contributed by atoms with Gasteiger partial charge in [-0.05, 0) is 6.42 Å². The number of rotatable bonds is 7. The Labute approximate surface area is 142 Å². The van der Waals surface area contributed by atoms with Gasteiger partial charge in [0.1, 0.15) is 17.4 Å². The lowest BCUT2D eigenvalue weighted by Gasteiger charge is -2.21. The van der Waals surface area contributed by atoms with Crippen molar-refractivity contribution in [3.63, 3.8) is 0 Å². The molecule has 1 rings (SSSR count). The third-order valence-electron chi connectivity index (χ3n) is 2.81. The molecule has 7 nitrogen and oxygen atoms in total. The van der Waals surface area contributed by atoms with Crippen molar-refractivity contribution >= 4 is 39.2 Å².